The van der Waals surface area contributed by atoms with E-state index in [0.717, 1.165) is 0 Å². The molecule has 0 radical (unpaired) electrons. The van der Waals surface area contributed by atoms with Gasteiger partial charge in [-0.05, 0) is 13.8 Å². The largest absolute Gasteiger partial charge is 0.480 e. The molecule has 0 aromatic heterocycles. The molecule has 0 spiro atoms. The Balaban J connectivity index is 4.19. The molecule has 6 nitrogen and oxygen atoms in total. The van der Waals surface area contributed by atoms with Crippen LogP contribution in [0.1, 0.15) is 13.8 Å². The molecule has 0 aliphatic heterocycles. The van der Waals surface area contributed by atoms with Crippen LogP contribution in [0.2, 0.25) is 0 Å². The molecule has 0 heterocycles. The summed E-state index contributed by atoms with van der Waals surface area (Å²) in [5.74, 6) is -2.08. The molecule has 6 heteroatoms. The van der Waals surface area contributed by atoms with E-state index >= 15 is 0 Å². The molecular weight excluding hydrogens is 202 g/mol. The summed E-state index contributed by atoms with van der Waals surface area (Å²) in [4.78, 5) is 22.3. The Kier molecular flexibility index (Phi) is 6.64. The summed E-state index contributed by atoms with van der Waals surface area (Å²) in [6, 6.07) is -0.225. The molecule has 0 rings (SSSR count). The van der Waals surface area contributed by atoms with Gasteiger partial charge in [0.15, 0.2) is 0 Å². The zero-order valence-electron chi connectivity index (χ0n) is 8.97. The Morgan fingerprint density at radius 2 is 1.73 bits per heavy atom. The molecule has 15 heavy (non-hydrogen) atoms. The van der Waals surface area contributed by atoms with Crippen molar-refractivity contribution in [1.82, 2.24) is 4.90 Å². The Morgan fingerprint density at radius 1 is 1.27 bits per heavy atom. The van der Waals surface area contributed by atoms with Gasteiger partial charge < -0.3 is 14.9 Å². The van der Waals surface area contributed by atoms with Crippen LogP contribution in [0.4, 0.5) is 0 Å². The molecule has 0 aliphatic carbocycles. The van der Waals surface area contributed by atoms with Gasteiger partial charge in [0, 0.05) is 12.6 Å². The van der Waals surface area contributed by atoms with E-state index in [1.54, 1.807) is 6.92 Å². The Morgan fingerprint density at radius 3 is 2.07 bits per heavy atom. The third-order valence-electron chi connectivity index (χ3n) is 1.86. The summed E-state index contributed by atoms with van der Waals surface area (Å²) in [7, 11) is 0. The van der Waals surface area contributed by atoms with Gasteiger partial charge in [-0.2, -0.15) is 0 Å². The Bertz CT molecular complexity index is 203. The van der Waals surface area contributed by atoms with Crippen LogP contribution < -0.4 is 0 Å². The minimum Gasteiger partial charge on any atom is -0.480 e. The second-order valence-corrected chi connectivity index (χ2v) is 3.20. The topological polar surface area (TPSA) is 87.1 Å². The van der Waals surface area contributed by atoms with Gasteiger partial charge >= 0.3 is 11.9 Å². The molecule has 0 saturated carbocycles. The molecule has 0 aromatic carbocycles. The summed E-state index contributed by atoms with van der Waals surface area (Å²) in [5.41, 5.74) is 0. The summed E-state index contributed by atoms with van der Waals surface area (Å²) >= 11 is 0. The van der Waals surface area contributed by atoms with Crippen LogP contribution in [0.3, 0.4) is 0 Å². The Hall–Kier alpha value is -1.14. The van der Waals surface area contributed by atoms with Gasteiger partial charge in [0.05, 0.1) is 19.7 Å². The summed E-state index contributed by atoms with van der Waals surface area (Å²) in [5, 5.41) is 17.2. The van der Waals surface area contributed by atoms with Gasteiger partial charge in [-0.15, -0.1) is 0 Å². The smallest absolute Gasteiger partial charge is 0.317 e. The predicted molar refractivity (Wildman–Crippen MR) is 52.8 cm³/mol. The first-order chi connectivity index (χ1) is 6.97. The molecular formula is C9H17NO5. The lowest BCUT2D eigenvalue weighted by Gasteiger charge is -2.25. The number of hydrogen-bond donors (Lipinski definition) is 2. The average molecular weight is 219 g/mol. The van der Waals surface area contributed by atoms with Crippen molar-refractivity contribution in [3.8, 4) is 0 Å². The molecule has 1 atom stereocenters. The quantitative estimate of drug-likeness (QED) is 0.592. The van der Waals surface area contributed by atoms with Gasteiger partial charge in [-0.3, -0.25) is 14.5 Å². The molecule has 0 amide bonds. The number of hydrogen-bond acceptors (Lipinski definition) is 4. The monoisotopic (exact) mass is 219 g/mol. The standard InChI is InChI=1S/C9H17NO5/c1-3-15-6-7(2)10(4-8(11)12)5-9(13)14/h7H,3-6H2,1-2H3,(H,11,12)(H,13,14). The van der Waals surface area contributed by atoms with Crippen LogP contribution in [0, 0.1) is 0 Å². The first-order valence-corrected chi connectivity index (χ1v) is 4.72. The minimum absolute atomic E-state index is 0.225. The predicted octanol–water partition coefficient (Wildman–Crippen LogP) is -0.117. The van der Waals surface area contributed by atoms with E-state index in [-0.39, 0.29) is 19.1 Å². The number of aliphatic carboxylic acids is 2. The summed E-state index contributed by atoms with van der Waals surface area (Å²) < 4.78 is 5.11. The second-order valence-electron chi connectivity index (χ2n) is 3.20. The van der Waals surface area contributed by atoms with Crippen molar-refractivity contribution < 1.29 is 24.5 Å². The molecule has 2 N–H and O–H groups in total. The third-order valence-corrected chi connectivity index (χ3v) is 1.86. The highest BCUT2D eigenvalue weighted by Gasteiger charge is 2.19. The lowest BCUT2D eigenvalue weighted by molar-refractivity contribution is -0.143. The highest BCUT2D eigenvalue weighted by Crippen LogP contribution is 1.99. The molecule has 0 bridgehead atoms. The molecule has 0 fully saturated rings. The van der Waals surface area contributed by atoms with E-state index < -0.39 is 11.9 Å². The molecule has 1 unspecified atom stereocenters. The lowest BCUT2D eigenvalue weighted by atomic mass is 10.3. The van der Waals surface area contributed by atoms with Crippen LogP contribution in [-0.4, -0.2) is 59.4 Å². The zero-order valence-corrected chi connectivity index (χ0v) is 8.97. The van der Waals surface area contributed by atoms with Crippen molar-refractivity contribution in [3.63, 3.8) is 0 Å². The molecule has 0 aromatic rings. The van der Waals surface area contributed by atoms with Crippen LogP contribution in [-0.2, 0) is 14.3 Å². The van der Waals surface area contributed by atoms with Gasteiger partial charge in [-0.1, -0.05) is 0 Å². The number of rotatable bonds is 8. The fourth-order valence-electron chi connectivity index (χ4n) is 1.11. The van der Waals surface area contributed by atoms with E-state index in [0.29, 0.717) is 13.2 Å². The zero-order chi connectivity index (χ0) is 11.8. The van der Waals surface area contributed by atoms with Crippen LogP contribution in [0.25, 0.3) is 0 Å². The first kappa shape index (κ1) is 13.9. The average Bonchev–Trinajstić information content (AvgIpc) is 2.11. The number of carboxylic acids is 2. The highest BCUT2D eigenvalue weighted by atomic mass is 16.5. The van der Waals surface area contributed by atoms with Crippen LogP contribution in [0.15, 0.2) is 0 Å². The van der Waals surface area contributed by atoms with Crippen molar-refractivity contribution in [2.75, 3.05) is 26.3 Å². The fourth-order valence-corrected chi connectivity index (χ4v) is 1.11. The number of carbonyl (C=O) groups is 2. The van der Waals surface area contributed by atoms with Gasteiger partial charge in [0.1, 0.15) is 0 Å². The minimum atomic E-state index is -1.04. The second kappa shape index (κ2) is 7.19. The van der Waals surface area contributed by atoms with Crippen molar-refractivity contribution in [3.05, 3.63) is 0 Å². The van der Waals surface area contributed by atoms with E-state index in [1.807, 2.05) is 6.92 Å². The summed E-state index contributed by atoms with van der Waals surface area (Å²) in [6.45, 7) is 3.84. The van der Waals surface area contributed by atoms with E-state index in [2.05, 4.69) is 0 Å². The first-order valence-electron chi connectivity index (χ1n) is 4.72. The molecule has 0 saturated heterocycles. The number of ether oxygens (including phenoxy) is 1. The molecule has 88 valence electrons. The maximum atomic E-state index is 10.5. The summed E-state index contributed by atoms with van der Waals surface area (Å²) in [6.07, 6.45) is 0. The maximum Gasteiger partial charge on any atom is 0.317 e. The van der Waals surface area contributed by atoms with Crippen LogP contribution >= 0.6 is 0 Å². The number of carboxylic acid groups (broad SMARTS) is 2. The van der Waals surface area contributed by atoms with Gasteiger partial charge in [-0.25, -0.2) is 0 Å². The van der Waals surface area contributed by atoms with Gasteiger partial charge in [0.25, 0.3) is 0 Å². The van der Waals surface area contributed by atoms with Crippen molar-refractivity contribution in [2.45, 2.75) is 19.9 Å². The van der Waals surface area contributed by atoms with Crippen LogP contribution in [0.5, 0.6) is 0 Å². The SMILES string of the molecule is CCOCC(C)N(CC(=O)O)CC(=O)O. The highest BCUT2D eigenvalue weighted by molar-refractivity contribution is 5.72. The molecule has 0 aliphatic rings. The maximum absolute atomic E-state index is 10.5. The lowest BCUT2D eigenvalue weighted by Crippen LogP contribution is -2.43. The van der Waals surface area contributed by atoms with Crippen molar-refractivity contribution in [1.29, 1.82) is 0 Å². The van der Waals surface area contributed by atoms with Gasteiger partial charge in [0.2, 0.25) is 0 Å². The van der Waals surface area contributed by atoms with E-state index in [1.165, 1.54) is 4.90 Å². The Labute approximate surface area is 88.4 Å². The normalized spacial score (nSPS) is 12.7. The van der Waals surface area contributed by atoms with E-state index in [4.69, 9.17) is 14.9 Å². The number of nitrogens with zero attached hydrogens (tertiary/aromatic N) is 1. The van der Waals surface area contributed by atoms with Crippen molar-refractivity contribution in [2.24, 2.45) is 0 Å². The fraction of sp³-hybridized carbons (Fsp3) is 0.778. The van der Waals surface area contributed by atoms with Crippen molar-refractivity contribution >= 4 is 11.9 Å². The third kappa shape index (κ3) is 6.87. The van der Waals surface area contributed by atoms with E-state index in [9.17, 15) is 9.59 Å².